The molecule has 0 amide bonds. The first-order valence-electron chi connectivity index (χ1n) is 11.0. The van der Waals surface area contributed by atoms with Gasteiger partial charge in [0, 0.05) is 44.3 Å². The first-order valence-corrected chi connectivity index (χ1v) is 11.0. The van der Waals surface area contributed by atoms with Crippen molar-refractivity contribution in [1.29, 1.82) is 0 Å². The number of fused-ring (bicyclic) bond motifs is 2. The van der Waals surface area contributed by atoms with E-state index in [4.69, 9.17) is 0 Å². The molecule has 42 heavy (non-hydrogen) atoms. The zero-order valence-corrected chi connectivity index (χ0v) is 19.9. The summed E-state index contributed by atoms with van der Waals surface area (Å²) in [6, 6.07) is 0.750. The fourth-order valence-corrected chi connectivity index (χ4v) is 4.67. The average molecular weight is 612 g/mol. The van der Waals surface area contributed by atoms with Gasteiger partial charge in [-0.2, -0.15) is 8.78 Å². The lowest BCUT2D eigenvalue weighted by Crippen LogP contribution is -2.10. The maximum Gasteiger partial charge on any atom is 0.204 e. The summed E-state index contributed by atoms with van der Waals surface area (Å²) in [6.07, 6.45) is 0. The fraction of sp³-hybridized carbons (Fsp3) is 0.0370. The van der Waals surface area contributed by atoms with Gasteiger partial charge in [0.1, 0.15) is 11.6 Å². The predicted octanol–water partition coefficient (Wildman–Crippen LogP) is 9.28. The summed E-state index contributed by atoms with van der Waals surface area (Å²) in [6.45, 7) is 0. The van der Waals surface area contributed by atoms with Crippen molar-refractivity contribution in [2.45, 2.75) is 0 Å². The van der Waals surface area contributed by atoms with E-state index in [9.17, 15) is 35.1 Å². The Morgan fingerprint density at radius 1 is 0.405 bits per heavy atom. The molecule has 0 aromatic heterocycles. The molecule has 0 saturated carbocycles. The van der Waals surface area contributed by atoms with Crippen molar-refractivity contribution >= 4 is 21.5 Å². The van der Waals surface area contributed by atoms with Crippen LogP contribution in [0.2, 0.25) is 0 Å². The smallest absolute Gasteiger partial charge is 0.204 e. The Morgan fingerprint density at radius 3 is 1.14 bits per heavy atom. The van der Waals surface area contributed by atoms with E-state index in [1.165, 1.54) is 0 Å². The summed E-state index contributed by atoms with van der Waals surface area (Å²) >= 11 is 0. The van der Waals surface area contributed by atoms with Crippen LogP contribution in [0.1, 0.15) is 0 Å². The van der Waals surface area contributed by atoms with Crippen LogP contribution in [0.15, 0.2) is 18.2 Å². The van der Waals surface area contributed by atoms with Gasteiger partial charge in [0.15, 0.2) is 63.9 Å². The molecule has 0 fully saturated rings. The number of rotatable bonds is 3. The van der Waals surface area contributed by atoms with Gasteiger partial charge < -0.3 is 4.74 Å². The molecule has 1 nitrogen and oxygen atoms in total. The highest BCUT2D eigenvalue weighted by Gasteiger charge is 2.37. The molecule has 0 aliphatic rings. The second-order valence-electron chi connectivity index (χ2n) is 8.55. The summed E-state index contributed by atoms with van der Waals surface area (Å²) in [5.41, 5.74) is -7.26. The molecule has 218 valence electrons. The van der Waals surface area contributed by atoms with E-state index in [0.29, 0.717) is 19.2 Å². The maximum absolute atomic E-state index is 15.4. The Labute approximate surface area is 223 Å². The van der Waals surface area contributed by atoms with Gasteiger partial charge in [0.05, 0.1) is 12.7 Å². The molecular formula is C27H6F14O. The molecule has 0 aliphatic heterocycles. The van der Waals surface area contributed by atoms with Gasteiger partial charge in [0.2, 0.25) is 11.6 Å². The van der Waals surface area contributed by atoms with Crippen LogP contribution in [-0.4, -0.2) is 7.11 Å². The molecule has 0 spiro atoms. The van der Waals surface area contributed by atoms with Crippen LogP contribution in [0.25, 0.3) is 43.8 Å². The Hall–Kier alpha value is -4.56. The first-order chi connectivity index (χ1) is 19.7. The van der Waals surface area contributed by atoms with E-state index in [1.807, 2.05) is 0 Å². The molecule has 0 N–H and O–H groups in total. The van der Waals surface area contributed by atoms with Crippen LogP contribution in [0.4, 0.5) is 61.5 Å². The van der Waals surface area contributed by atoms with Crippen molar-refractivity contribution in [3.63, 3.8) is 0 Å². The fourth-order valence-electron chi connectivity index (χ4n) is 4.67. The highest BCUT2D eigenvalue weighted by molar-refractivity contribution is 6.22. The van der Waals surface area contributed by atoms with Crippen molar-refractivity contribution in [3.05, 3.63) is 99.6 Å². The molecule has 0 aliphatic carbocycles. The molecular weight excluding hydrogens is 606 g/mol. The van der Waals surface area contributed by atoms with Gasteiger partial charge in [0.25, 0.3) is 0 Å². The standard InChI is InChI=1S/C27H6F14O/c1-42-27-25(40)19(34)14(20(35)26(27)41)9-12-10(15(30)21(36)23(38)17(12)32)8(6-3-2-5(28)4-7(6)29)11-13(9)18(33)24(39)22(37)16(11)31/h2-4H,1H3. The third kappa shape index (κ3) is 3.71. The van der Waals surface area contributed by atoms with Crippen LogP contribution in [0.3, 0.4) is 0 Å². The van der Waals surface area contributed by atoms with Crippen molar-refractivity contribution in [2.75, 3.05) is 7.11 Å². The average Bonchev–Trinajstić information content (AvgIpc) is 2.95. The van der Waals surface area contributed by atoms with Crippen LogP contribution >= 0.6 is 0 Å². The summed E-state index contributed by atoms with van der Waals surface area (Å²) in [5, 5.41) is -7.83. The second-order valence-corrected chi connectivity index (χ2v) is 8.55. The van der Waals surface area contributed by atoms with E-state index in [2.05, 4.69) is 4.74 Å². The van der Waals surface area contributed by atoms with E-state index < -0.39 is 131 Å². The second kappa shape index (κ2) is 9.77. The summed E-state index contributed by atoms with van der Waals surface area (Å²) in [4.78, 5) is 0. The van der Waals surface area contributed by atoms with Gasteiger partial charge in [-0.05, 0) is 12.1 Å². The number of benzene rings is 5. The van der Waals surface area contributed by atoms with Crippen LogP contribution in [0, 0.1) is 81.4 Å². The van der Waals surface area contributed by atoms with E-state index in [1.54, 1.807) is 0 Å². The normalized spacial score (nSPS) is 11.7. The largest absolute Gasteiger partial charge is 0.491 e. The molecule has 5 rings (SSSR count). The van der Waals surface area contributed by atoms with Gasteiger partial charge in [-0.1, -0.05) is 0 Å². The van der Waals surface area contributed by atoms with Crippen LogP contribution in [-0.2, 0) is 0 Å². The van der Waals surface area contributed by atoms with Crippen molar-refractivity contribution in [3.8, 4) is 28.0 Å². The minimum absolute atomic E-state index is 0.0246. The topological polar surface area (TPSA) is 9.23 Å². The lowest BCUT2D eigenvalue weighted by Gasteiger charge is -2.21. The highest BCUT2D eigenvalue weighted by Crippen LogP contribution is 2.51. The van der Waals surface area contributed by atoms with Crippen molar-refractivity contribution in [2.24, 2.45) is 0 Å². The number of hydrogen-bond acceptors (Lipinski definition) is 1. The Kier molecular flexibility index (Phi) is 6.74. The summed E-state index contributed by atoms with van der Waals surface area (Å²) < 4.78 is 212. The molecule has 15 heteroatoms. The minimum Gasteiger partial charge on any atom is -0.491 e. The van der Waals surface area contributed by atoms with Gasteiger partial charge in [-0.25, -0.2) is 52.7 Å². The number of ether oxygens (including phenoxy) is 1. The van der Waals surface area contributed by atoms with Crippen LogP contribution < -0.4 is 4.74 Å². The van der Waals surface area contributed by atoms with Crippen molar-refractivity contribution < 1.29 is 66.2 Å². The van der Waals surface area contributed by atoms with Gasteiger partial charge >= 0.3 is 0 Å². The third-order valence-corrected chi connectivity index (χ3v) is 6.41. The molecule has 0 bridgehead atoms. The lowest BCUT2D eigenvalue weighted by molar-refractivity contribution is 0.334. The quantitative estimate of drug-likeness (QED) is 0.0855. The minimum atomic E-state index is -2.79. The summed E-state index contributed by atoms with van der Waals surface area (Å²) in [7, 11) is 0.525. The monoisotopic (exact) mass is 612 g/mol. The third-order valence-electron chi connectivity index (χ3n) is 6.41. The Bertz CT molecular complexity index is 1910. The molecule has 0 saturated heterocycles. The Morgan fingerprint density at radius 2 is 0.786 bits per heavy atom. The molecule has 0 unspecified atom stereocenters. The maximum atomic E-state index is 15.4. The van der Waals surface area contributed by atoms with E-state index in [-0.39, 0.29) is 6.07 Å². The predicted molar refractivity (Wildman–Crippen MR) is 118 cm³/mol. The van der Waals surface area contributed by atoms with Crippen molar-refractivity contribution in [1.82, 2.24) is 0 Å². The van der Waals surface area contributed by atoms with Crippen LogP contribution in [0.5, 0.6) is 5.75 Å². The molecule has 5 aromatic carbocycles. The number of methoxy groups -OCH3 is 1. The van der Waals surface area contributed by atoms with Gasteiger partial charge in [-0.3, -0.25) is 0 Å². The first kappa shape index (κ1) is 29.0. The number of hydrogen-bond donors (Lipinski definition) is 0. The van der Waals surface area contributed by atoms with E-state index >= 15 is 26.3 Å². The molecule has 0 heterocycles. The number of halogens is 14. The molecule has 0 radical (unpaired) electrons. The van der Waals surface area contributed by atoms with Gasteiger partial charge in [-0.15, -0.1) is 0 Å². The highest BCUT2D eigenvalue weighted by atomic mass is 19.2. The Balaban J connectivity index is 2.29. The van der Waals surface area contributed by atoms with E-state index in [0.717, 1.165) is 0 Å². The summed E-state index contributed by atoms with van der Waals surface area (Å²) in [5.74, 6) is -36.6. The molecule has 0 atom stereocenters. The lowest BCUT2D eigenvalue weighted by atomic mass is 9.84. The zero-order chi connectivity index (χ0) is 31.1. The SMILES string of the molecule is COc1c(F)c(F)c(-c2c3c(F)c(F)c(F)c(F)c3c(-c3ccc(F)cc3F)c3c(F)c(F)c(F)c(F)c23)c(F)c1F. The zero-order valence-electron chi connectivity index (χ0n) is 19.9. The molecule has 5 aromatic rings.